The normalized spacial score (nSPS) is 11.4. The van der Waals surface area contributed by atoms with Gasteiger partial charge in [-0.15, -0.1) is 0 Å². The summed E-state index contributed by atoms with van der Waals surface area (Å²) in [6.45, 7) is 5.20. The SMILES string of the molecule is CC(=O)Nc1ccc(NC(=O)C(C)(C)c2c[nH]c3ccc(Cl)cc23)cc1. The quantitative estimate of drug-likeness (QED) is 0.623. The molecule has 0 radical (unpaired) electrons. The molecule has 0 bridgehead atoms. The van der Waals surface area contributed by atoms with Gasteiger partial charge in [-0.1, -0.05) is 11.6 Å². The van der Waals surface area contributed by atoms with Gasteiger partial charge in [0.2, 0.25) is 11.8 Å². The molecule has 0 saturated carbocycles. The van der Waals surface area contributed by atoms with Crippen LogP contribution in [0.4, 0.5) is 11.4 Å². The van der Waals surface area contributed by atoms with Crippen molar-refractivity contribution in [2.75, 3.05) is 10.6 Å². The van der Waals surface area contributed by atoms with Gasteiger partial charge >= 0.3 is 0 Å². The summed E-state index contributed by atoms with van der Waals surface area (Å²) >= 11 is 6.11. The maximum absolute atomic E-state index is 12.9. The predicted molar refractivity (Wildman–Crippen MR) is 106 cm³/mol. The van der Waals surface area contributed by atoms with Crippen LogP contribution in [0, 0.1) is 0 Å². The third kappa shape index (κ3) is 3.58. The molecular weight excluding hydrogens is 350 g/mol. The number of hydrogen-bond donors (Lipinski definition) is 3. The van der Waals surface area contributed by atoms with Gasteiger partial charge in [0.05, 0.1) is 5.41 Å². The number of fused-ring (bicyclic) bond motifs is 1. The maximum atomic E-state index is 12.9. The second-order valence-electron chi connectivity index (χ2n) is 6.73. The Morgan fingerprint density at radius 2 is 1.62 bits per heavy atom. The first-order chi connectivity index (χ1) is 12.3. The van der Waals surface area contributed by atoms with Crippen LogP contribution in [0.15, 0.2) is 48.7 Å². The highest BCUT2D eigenvalue weighted by Gasteiger charge is 2.32. The zero-order valence-electron chi connectivity index (χ0n) is 14.8. The highest BCUT2D eigenvalue weighted by atomic mass is 35.5. The van der Waals surface area contributed by atoms with Crippen molar-refractivity contribution in [3.8, 4) is 0 Å². The summed E-state index contributed by atoms with van der Waals surface area (Å²) < 4.78 is 0. The molecule has 0 aliphatic carbocycles. The van der Waals surface area contributed by atoms with Gasteiger partial charge < -0.3 is 15.6 Å². The van der Waals surface area contributed by atoms with Crippen molar-refractivity contribution in [2.45, 2.75) is 26.2 Å². The average Bonchev–Trinajstić information content (AvgIpc) is 2.99. The number of amides is 2. The van der Waals surface area contributed by atoms with Gasteiger partial charge in [-0.25, -0.2) is 0 Å². The van der Waals surface area contributed by atoms with E-state index in [-0.39, 0.29) is 11.8 Å². The van der Waals surface area contributed by atoms with Crippen molar-refractivity contribution in [3.63, 3.8) is 0 Å². The van der Waals surface area contributed by atoms with Gasteiger partial charge in [0.25, 0.3) is 0 Å². The first kappa shape index (κ1) is 18.0. The van der Waals surface area contributed by atoms with Crippen LogP contribution in [0.3, 0.4) is 0 Å². The molecule has 3 rings (SSSR count). The molecule has 0 unspecified atom stereocenters. The van der Waals surface area contributed by atoms with Crippen molar-refractivity contribution in [1.29, 1.82) is 0 Å². The molecule has 3 aromatic rings. The number of anilines is 2. The molecule has 6 heteroatoms. The Morgan fingerprint density at radius 3 is 2.23 bits per heavy atom. The Hall–Kier alpha value is -2.79. The molecule has 3 N–H and O–H groups in total. The smallest absolute Gasteiger partial charge is 0.234 e. The van der Waals surface area contributed by atoms with Crippen molar-refractivity contribution >= 4 is 45.7 Å². The van der Waals surface area contributed by atoms with Crippen molar-refractivity contribution in [2.24, 2.45) is 0 Å². The Labute approximate surface area is 156 Å². The molecule has 2 aromatic carbocycles. The number of aromatic amines is 1. The summed E-state index contributed by atoms with van der Waals surface area (Å²) in [5, 5.41) is 7.18. The number of nitrogens with one attached hydrogen (secondary N) is 3. The number of hydrogen-bond acceptors (Lipinski definition) is 2. The summed E-state index contributed by atoms with van der Waals surface area (Å²) in [6.07, 6.45) is 1.85. The number of carbonyl (C=O) groups excluding carboxylic acids is 2. The molecular formula is C20H20ClN3O2. The van der Waals surface area contributed by atoms with Crippen LogP contribution in [0.2, 0.25) is 5.02 Å². The molecule has 26 heavy (non-hydrogen) atoms. The van der Waals surface area contributed by atoms with Crippen molar-refractivity contribution in [1.82, 2.24) is 4.98 Å². The second kappa shape index (κ2) is 6.84. The lowest BCUT2D eigenvalue weighted by Gasteiger charge is -2.23. The van der Waals surface area contributed by atoms with E-state index in [1.807, 2.05) is 38.2 Å². The van der Waals surface area contributed by atoms with E-state index in [0.29, 0.717) is 16.4 Å². The minimum Gasteiger partial charge on any atom is -0.361 e. The van der Waals surface area contributed by atoms with E-state index < -0.39 is 5.41 Å². The van der Waals surface area contributed by atoms with E-state index in [1.165, 1.54) is 6.92 Å². The summed E-state index contributed by atoms with van der Waals surface area (Å²) in [6, 6.07) is 12.6. The van der Waals surface area contributed by atoms with Crippen LogP contribution in [-0.4, -0.2) is 16.8 Å². The second-order valence-corrected chi connectivity index (χ2v) is 7.17. The van der Waals surface area contributed by atoms with Gasteiger partial charge in [0.15, 0.2) is 0 Å². The summed E-state index contributed by atoms with van der Waals surface area (Å²) in [5.41, 5.74) is 2.39. The van der Waals surface area contributed by atoms with E-state index in [4.69, 9.17) is 11.6 Å². The highest BCUT2D eigenvalue weighted by molar-refractivity contribution is 6.31. The lowest BCUT2D eigenvalue weighted by atomic mass is 9.83. The maximum Gasteiger partial charge on any atom is 0.234 e. The molecule has 1 heterocycles. The number of benzene rings is 2. The van der Waals surface area contributed by atoms with Crippen LogP contribution in [0.1, 0.15) is 26.3 Å². The molecule has 0 fully saturated rings. The van der Waals surface area contributed by atoms with Crippen molar-refractivity contribution < 1.29 is 9.59 Å². The van der Waals surface area contributed by atoms with E-state index in [0.717, 1.165) is 16.5 Å². The van der Waals surface area contributed by atoms with Crippen LogP contribution in [0.5, 0.6) is 0 Å². The van der Waals surface area contributed by atoms with E-state index in [1.54, 1.807) is 24.3 Å². The summed E-state index contributed by atoms with van der Waals surface area (Å²) in [4.78, 5) is 27.2. The van der Waals surface area contributed by atoms with Crippen molar-refractivity contribution in [3.05, 3.63) is 59.2 Å². The Kier molecular flexibility index (Phi) is 4.74. The number of carbonyl (C=O) groups is 2. The minimum atomic E-state index is -0.765. The van der Waals surface area contributed by atoms with Crippen LogP contribution in [-0.2, 0) is 15.0 Å². The molecule has 0 spiro atoms. The fraction of sp³-hybridized carbons (Fsp3) is 0.200. The molecule has 0 aliphatic heterocycles. The zero-order valence-corrected chi connectivity index (χ0v) is 15.6. The first-order valence-electron chi connectivity index (χ1n) is 8.23. The third-order valence-electron chi connectivity index (χ3n) is 4.35. The first-order valence-corrected chi connectivity index (χ1v) is 8.61. The third-order valence-corrected chi connectivity index (χ3v) is 4.58. The number of aromatic nitrogens is 1. The Morgan fingerprint density at radius 1 is 1.00 bits per heavy atom. The standard InChI is InChI=1S/C20H20ClN3O2/c1-12(25)23-14-5-7-15(8-6-14)24-19(26)20(2,3)17-11-22-18-9-4-13(21)10-16(17)18/h4-11,22H,1-3H3,(H,23,25)(H,24,26). The number of H-pyrrole nitrogens is 1. The van der Waals surface area contributed by atoms with E-state index in [9.17, 15) is 9.59 Å². The van der Waals surface area contributed by atoms with Gasteiger partial charge in [-0.2, -0.15) is 0 Å². The van der Waals surface area contributed by atoms with Gasteiger partial charge in [0, 0.05) is 40.4 Å². The average molecular weight is 370 g/mol. The van der Waals surface area contributed by atoms with Gasteiger partial charge in [-0.05, 0) is 61.9 Å². The van der Waals surface area contributed by atoms with Crippen LogP contribution >= 0.6 is 11.6 Å². The lowest BCUT2D eigenvalue weighted by molar-refractivity contribution is -0.120. The number of rotatable bonds is 4. The van der Waals surface area contributed by atoms with Gasteiger partial charge in [0.1, 0.15) is 0 Å². The fourth-order valence-electron chi connectivity index (χ4n) is 2.86. The largest absolute Gasteiger partial charge is 0.361 e. The zero-order chi connectivity index (χ0) is 18.9. The molecule has 2 amide bonds. The van der Waals surface area contributed by atoms with E-state index >= 15 is 0 Å². The molecule has 1 aromatic heterocycles. The van der Waals surface area contributed by atoms with Crippen LogP contribution < -0.4 is 10.6 Å². The predicted octanol–water partition coefficient (Wildman–Crippen LogP) is 4.70. The lowest BCUT2D eigenvalue weighted by Crippen LogP contribution is -2.34. The number of halogens is 1. The Balaban J connectivity index is 1.83. The molecule has 0 aliphatic rings. The minimum absolute atomic E-state index is 0.134. The van der Waals surface area contributed by atoms with Gasteiger partial charge in [-0.3, -0.25) is 9.59 Å². The molecule has 5 nitrogen and oxygen atoms in total. The van der Waals surface area contributed by atoms with E-state index in [2.05, 4.69) is 15.6 Å². The topological polar surface area (TPSA) is 74.0 Å². The molecule has 134 valence electrons. The highest BCUT2D eigenvalue weighted by Crippen LogP contribution is 2.33. The van der Waals surface area contributed by atoms with Crippen LogP contribution in [0.25, 0.3) is 10.9 Å². The summed E-state index contributed by atoms with van der Waals surface area (Å²) in [5.74, 6) is -0.272. The monoisotopic (exact) mass is 369 g/mol. The molecule has 0 atom stereocenters. The summed E-state index contributed by atoms with van der Waals surface area (Å²) in [7, 11) is 0. The Bertz CT molecular complexity index is 974. The molecule has 0 saturated heterocycles. The fourth-order valence-corrected chi connectivity index (χ4v) is 3.03.